The van der Waals surface area contributed by atoms with E-state index in [2.05, 4.69) is 22.0 Å². The van der Waals surface area contributed by atoms with Crippen molar-refractivity contribution in [2.24, 2.45) is 11.8 Å². The number of aromatic nitrogens is 3. The molecule has 2 fully saturated rings. The number of rotatable bonds is 11. The van der Waals surface area contributed by atoms with E-state index in [0.717, 1.165) is 84.8 Å². The van der Waals surface area contributed by atoms with Crippen LogP contribution in [0.2, 0.25) is 0 Å². The summed E-state index contributed by atoms with van der Waals surface area (Å²) in [5.41, 5.74) is 4.97. The summed E-state index contributed by atoms with van der Waals surface area (Å²) in [7, 11) is 0. The SMILES string of the molecule is CCOC(=O)c1cc(OCC)c(-n2cc(C(O)(C3CCCCC3)C3CCCCC3)c3ncc(-c4c(C)noc4C)cc32)c(OCC)c1. The van der Waals surface area contributed by atoms with Gasteiger partial charge in [-0.05, 0) is 90.3 Å². The molecule has 0 bridgehead atoms. The normalized spacial score (nSPS) is 16.5. The number of hydrogen-bond donors (Lipinski definition) is 1. The average molecular weight is 644 g/mol. The lowest BCUT2D eigenvalue weighted by Crippen LogP contribution is -2.44. The summed E-state index contributed by atoms with van der Waals surface area (Å²) in [5, 5.41) is 17.5. The fourth-order valence-corrected chi connectivity index (χ4v) is 8.16. The fourth-order valence-electron chi connectivity index (χ4n) is 8.16. The fraction of sp³-hybridized carbons (Fsp3) is 0.553. The molecule has 47 heavy (non-hydrogen) atoms. The van der Waals surface area contributed by atoms with Crippen LogP contribution in [0.5, 0.6) is 11.5 Å². The highest BCUT2D eigenvalue weighted by Gasteiger charge is 2.47. The molecule has 3 aromatic heterocycles. The van der Waals surface area contributed by atoms with Gasteiger partial charge >= 0.3 is 5.97 Å². The second-order valence-corrected chi connectivity index (χ2v) is 13.1. The predicted octanol–water partition coefficient (Wildman–Crippen LogP) is 8.62. The van der Waals surface area contributed by atoms with Crippen LogP contribution in [0.3, 0.4) is 0 Å². The van der Waals surface area contributed by atoms with Crippen LogP contribution in [0.4, 0.5) is 0 Å². The van der Waals surface area contributed by atoms with Crippen LogP contribution in [0.1, 0.15) is 112 Å². The molecule has 2 saturated carbocycles. The van der Waals surface area contributed by atoms with Gasteiger partial charge in [0.25, 0.3) is 0 Å². The number of nitrogens with zero attached hydrogens (tertiary/aromatic N) is 3. The Hall–Kier alpha value is -3.85. The Labute approximate surface area is 277 Å². The number of carbonyl (C=O) groups excluding carboxylic acids is 1. The van der Waals surface area contributed by atoms with Gasteiger partial charge in [-0.1, -0.05) is 43.7 Å². The maximum atomic E-state index is 13.3. The van der Waals surface area contributed by atoms with Gasteiger partial charge in [0.2, 0.25) is 0 Å². The standard InChI is InChI=1S/C38H49N3O6/c1-6-44-32-20-26(37(42)46-8-3)21-33(45-7-2)36(32)41-23-30(35-31(41)19-27(22-39-35)34-24(4)40-47-25(34)5)38(43,28-15-11-9-12-16-28)29-17-13-10-14-18-29/h19-23,28-29,43H,6-18H2,1-5H3. The summed E-state index contributed by atoms with van der Waals surface area (Å²) in [5.74, 6) is 1.55. The van der Waals surface area contributed by atoms with Crippen molar-refractivity contribution < 1.29 is 28.6 Å². The van der Waals surface area contributed by atoms with Gasteiger partial charge in [-0.25, -0.2) is 4.79 Å². The van der Waals surface area contributed by atoms with E-state index in [1.54, 1.807) is 19.1 Å². The summed E-state index contributed by atoms with van der Waals surface area (Å²) in [6, 6.07) is 5.56. The third kappa shape index (κ3) is 6.15. The van der Waals surface area contributed by atoms with Crippen LogP contribution < -0.4 is 9.47 Å². The number of carbonyl (C=O) groups is 1. The molecule has 9 nitrogen and oxygen atoms in total. The Bertz CT molecular complexity index is 1650. The quantitative estimate of drug-likeness (QED) is 0.162. The molecular formula is C38H49N3O6. The molecule has 0 aliphatic heterocycles. The molecule has 0 unspecified atom stereocenters. The molecule has 1 N–H and O–H groups in total. The lowest BCUT2D eigenvalue weighted by molar-refractivity contribution is -0.0979. The van der Waals surface area contributed by atoms with Gasteiger partial charge in [-0.2, -0.15) is 0 Å². The van der Waals surface area contributed by atoms with Crippen LogP contribution in [0, 0.1) is 25.7 Å². The molecule has 0 amide bonds. The van der Waals surface area contributed by atoms with E-state index < -0.39 is 11.6 Å². The summed E-state index contributed by atoms with van der Waals surface area (Å²) in [6.07, 6.45) is 14.9. The van der Waals surface area contributed by atoms with E-state index in [1.807, 2.05) is 33.9 Å². The molecule has 0 saturated heterocycles. The van der Waals surface area contributed by atoms with Crippen molar-refractivity contribution in [1.29, 1.82) is 0 Å². The Morgan fingerprint density at radius 2 is 1.51 bits per heavy atom. The first kappa shape index (κ1) is 33.1. The number of benzene rings is 1. The Morgan fingerprint density at radius 3 is 2.02 bits per heavy atom. The van der Waals surface area contributed by atoms with Crippen LogP contribution in [0.15, 0.2) is 35.1 Å². The Kier molecular flexibility index (Phi) is 9.92. The minimum absolute atomic E-state index is 0.145. The summed E-state index contributed by atoms with van der Waals surface area (Å²) >= 11 is 0. The third-order valence-electron chi connectivity index (χ3n) is 10.2. The van der Waals surface area contributed by atoms with Crippen molar-refractivity contribution in [2.75, 3.05) is 19.8 Å². The monoisotopic (exact) mass is 643 g/mol. The minimum atomic E-state index is -1.04. The van der Waals surface area contributed by atoms with Crippen molar-refractivity contribution >= 4 is 17.0 Å². The lowest BCUT2D eigenvalue weighted by Gasteiger charge is -2.45. The molecular weight excluding hydrogens is 594 g/mol. The smallest absolute Gasteiger partial charge is 0.338 e. The van der Waals surface area contributed by atoms with Crippen molar-refractivity contribution in [1.82, 2.24) is 14.7 Å². The van der Waals surface area contributed by atoms with Crippen molar-refractivity contribution in [2.45, 2.75) is 104 Å². The highest BCUT2D eigenvalue weighted by Crippen LogP contribution is 2.52. The van der Waals surface area contributed by atoms with Gasteiger partial charge in [-0.3, -0.25) is 4.98 Å². The predicted molar refractivity (Wildman–Crippen MR) is 181 cm³/mol. The van der Waals surface area contributed by atoms with E-state index in [-0.39, 0.29) is 18.4 Å². The molecule has 9 heteroatoms. The zero-order chi connectivity index (χ0) is 33.1. The lowest BCUT2D eigenvalue weighted by atomic mass is 9.64. The van der Waals surface area contributed by atoms with E-state index in [0.29, 0.717) is 41.7 Å². The van der Waals surface area contributed by atoms with Crippen LogP contribution in [-0.2, 0) is 10.3 Å². The first-order valence-corrected chi connectivity index (χ1v) is 17.6. The maximum absolute atomic E-state index is 13.3. The number of pyridine rings is 1. The largest absolute Gasteiger partial charge is 0.492 e. The van der Waals surface area contributed by atoms with Crippen LogP contribution in [0.25, 0.3) is 27.8 Å². The minimum Gasteiger partial charge on any atom is -0.492 e. The molecule has 1 aromatic carbocycles. The van der Waals surface area contributed by atoms with Crippen molar-refractivity contribution in [3.05, 3.63) is 53.2 Å². The van der Waals surface area contributed by atoms with Gasteiger partial charge in [0.05, 0.1) is 47.7 Å². The second kappa shape index (κ2) is 14.1. The number of aliphatic hydroxyl groups is 1. The van der Waals surface area contributed by atoms with Gasteiger partial charge in [0.15, 0.2) is 0 Å². The van der Waals surface area contributed by atoms with Crippen molar-refractivity contribution in [3.63, 3.8) is 0 Å². The zero-order valence-electron chi connectivity index (χ0n) is 28.6. The van der Waals surface area contributed by atoms with Gasteiger partial charge < -0.3 is 28.4 Å². The highest BCUT2D eigenvalue weighted by atomic mass is 16.5. The van der Waals surface area contributed by atoms with Gasteiger partial charge in [-0.15, -0.1) is 0 Å². The summed E-state index contributed by atoms with van der Waals surface area (Å²) < 4.78 is 25.5. The topological polar surface area (TPSA) is 109 Å². The number of fused-ring (bicyclic) bond motifs is 1. The average Bonchev–Trinajstić information content (AvgIpc) is 3.64. The molecule has 0 atom stereocenters. The Morgan fingerprint density at radius 1 is 0.915 bits per heavy atom. The van der Waals surface area contributed by atoms with E-state index in [1.165, 1.54) is 12.8 Å². The summed E-state index contributed by atoms with van der Waals surface area (Å²) in [6.45, 7) is 10.5. The van der Waals surface area contributed by atoms with Gasteiger partial charge in [0.1, 0.15) is 22.9 Å². The third-order valence-corrected chi connectivity index (χ3v) is 10.2. The zero-order valence-corrected chi connectivity index (χ0v) is 28.6. The molecule has 2 aliphatic rings. The molecule has 0 spiro atoms. The second-order valence-electron chi connectivity index (χ2n) is 13.1. The molecule has 6 rings (SSSR count). The van der Waals surface area contributed by atoms with E-state index in [4.69, 9.17) is 23.7 Å². The molecule has 3 heterocycles. The van der Waals surface area contributed by atoms with E-state index in [9.17, 15) is 9.90 Å². The Balaban J connectivity index is 1.66. The molecule has 0 radical (unpaired) electrons. The van der Waals surface area contributed by atoms with Crippen LogP contribution in [-0.4, -0.2) is 45.6 Å². The molecule has 4 aromatic rings. The first-order valence-electron chi connectivity index (χ1n) is 17.6. The summed E-state index contributed by atoms with van der Waals surface area (Å²) in [4.78, 5) is 18.1. The number of hydrogen-bond acceptors (Lipinski definition) is 8. The van der Waals surface area contributed by atoms with Crippen molar-refractivity contribution in [3.8, 4) is 28.3 Å². The first-order chi connectivity index (χ1) is 22.8. The number of ether oxygens (including phenoxy) is 3. The van der Waals surface area contributed by atoms with Gasteiger partial charge in [0, 0.05) is 29.1 Å². The molecule has 2 aliphatic carbocycles. The number of esters is 1. The maximum Gasteiger partial charge on any atom is 0.338 e. The van der Waals surface area contributed by atoms with E-state index >= 15 is 0 Å². The van der Waals surface area contributed by atoms with Crippen LogP contribution >= 0.6 is 0 Å². The molecule has 252 valence electrons. The highest BCUT2D eigenvalue weighted by molar-refractivity contribution is 5.93. The number of aryl methyl sites for hydroxylation is 2.